The van der Waals surface area contributed by atoms with E-state index in [0.717, 1.165) is 30.9 Å². The fraction of sp³-hybridized carbons (Fsp3) is 0.259. The summed E-state index contributed by atoms with van der Waals surface area (Å²) in [4.78, 5) is 6.28. The molecule has 1 aromatic heterocycles. The van der Waals surface area contributed by atoms with Gasteiger partial charge in [-0.2, -0.15) is 0 Å². The number of hydrogen-bond donors (Lipinski definition) is 1. The molecule has 3 aromatic carbocycles. The SMILES string of the molecule is COc1ccccc1-c1[nH]c2ccccc2c1CN1CCC(c2ccccc2)CC1. The molecular formula is C27H28N2O. The number of aromatic amines is 1. The van der Waals surface area contributed by atoms with Gasteiger partial charge >= 0.3 is 0 Å². The van der Waals surface area contributed by atoms with Crippen LogP contribution in [-0.4, -0.2) is 30.1 Å². The predicted molar refractivity (Wildman–Crippen MR) is 124 cm³/mol. The largest absolute Gasteiger partial charge is 0.496 e. The first-order chi connectivity index (χ1) is 14.8. The van der Waals surface area contributed by atoms with Crippen molar-refractivity contribution in [2.24, 2.45) is 0 Å². The van der Waals surface area contributed by atoms with Gasteiger partial charge in [0.2, 0.25) is 0 Å². The lowest BCUT2D eigenvalue weighted by Crippen LogP contribution is -2.32. The van der Waals surface area contributed by atoms with Gasteiger partial charge in [0.1, 0.15) is 5.75 Å². The van der Waals surface area contributed by atoms with Crippen LogP contribution in [0.15, 0.2) is 78.9 Å². The number of H-pyrrole nitrogens is 1. The minimum atomic E-state index is 0.680. The Morgan fingerprint density at radius 3 is 2.37 bits per heavy atom. The van der Waals surface area contributed by atoms with E-state index in [1.165, 1.54) is 40.6 Å². The van der Waals surface area contributed by atoms with Gasteiger partial charge in [0.05, 0.1) is 12.8 Å². The van der Waals surface area contributed by atoms with Crippen LogP contribution in [0.5, 0.6) is 5.75 Å². The molecule has 1 fully saturated rings. The summed E-state index contributed by atoms with van der Waals surface area (Å²) in [6.45, 7) is 3.22. The van der Waals surface area contributed by atoms with Gasteiger partial charge < -0.3 is 9.72 Å². The zero-order valence-electron chi connectivity index (χ0n) is 17.5. The number of methoxy groups -OCH3 is 1. The second kappa shape index (κ2) is 8.37. The molecule has 2 heterocycles. The van der Waals surface area contributed by atoms with E-state index in [1.807, 2.05) is 12.1 Å². The van der Waals surface area contributed by atoms with Crippen LogP contribution in [-0.2, 0) is 6.54 Å². The summed E-state index contributed by atoms with van der Waals surface area (Å²) in [6.07, 6.45) is 2.44. The summed E-state index contributed by atoms with van der Waals surface area (Å²) in [5.74, 6) is 1.59. The average molecular weight is 397 g/mol. The Morgan fingerprint density at radius 1 is 0.867 bits per heavy atom. The number of hydrogen-bond acceptors (Lipinski definition) is 2. The molecule has 1 aliphatic heterocycles. The van der Waals surface area contributed by atoms with Crippen molar-refractivity contribution in [1.82, 2.24) is 9.88 Å². The highest BCUT2D eigenvalue weighted by Crippen LogP contribution is 2.37. The number of ether oxygens (including phenoxy) is 1. The van der Waals surface area contributed by atoms with Crippen LogP contribution >= 0.6 is 0 Å². The fourth-order valence-electron chi connectivity index (χ4n) is 4.82. The second-order valence-corrected chi connectivity index (χ2v) is 8.19. The topological polar surface area (TPSA) is 28.3 Å². The fourth-order valence-corrected chi connectivity index (χ4v) is 4.82. The first-order valence-electron chi connectivity index (χ1n) is 10.8. The van der Waals surface area contributed by atoms with E-state index in [4.69, 9.17) is 4.74 Å². The van der Waals surface area contributed by atoms with Crippen LogP contribution in [0.4, 0.5) is 0 Å². The van der Waals surface area contributed by atoms with Gasteiger partial charge in [-0.25, -0.2) is 0 Å². The minimum Gasteiger partial charge on any atom is -0.496 e. The smallest absolute Gasteiger partial charge is 0.128 e. The van der Waals surface area contributed by atoms with Gasteiger partial charge in [0, 0.05) is 23.0 Å². The van der Waals surface area contributed by atoms with Crippen molar-refractivity contribution in [3.63, 3.8) is 0 Å². The normalized spacial score (nSPS) is 15.5. The number of piperidine rings is 1. The van der Waals surface area contributed by atoms with Crippen LogP contribution in [0.1, 0.15) is 29.9 Å². The molecule has 0 saturated carbocycles. The molecule has 4 aromatic rings. The number of para-hydroxylation sites is 2. The molecule has 0 radical (unpaired) electrons. The molecule has 30 heavy (non-hydrogen) atoms. The molecule has 0 unspecified atom stereocenters. The van der Waals surface area contributed by atoms with Crippen LogP contribution in [0, 0.1) is 0 Å². The van der Waals surface area contributed by atoms with Gasteiger partial charge in [-0.3, -0.25) is 4.90 Å². The third kappa shape index (κ3) is 3.61. The van der Waals surface area contributed by atoms with Crippen LogP contribution in [0.3, 0.4) is 0 Å². The molecule has 0 bridgehead atoms. The Labute approximate surface area is 178 Å². The Balaban J connectivity index is 1.43. The molecule has 0 spiro atoms. The summed E-state index contributed by atoms with van der Waals surface area (Å²) < 4.78 is 5.67. The van der Waals surface area contributed by atoms with E-state index in [-0.39, 0.29) is 0 Å². The maximum Gasteiger partial charge on any atom is 0.128 e. The Hall–Kier alpha value is -3.04. The van der Waals surface area contributed by atoms with E-state index >= 15 is 0 Å². The second-order valence-electron chi connectivity index (χ2n) is 8.19. The van der Waals surface area contributed by atoms with Gasteiger partial charge in [-0.05, 0) is 61.2 Å². The number of likely N-dealkylation sites (tertiary alicyclic amines) is 1. The lowest BCUT2D eigenvalue weighted by Gasteiger charge is -2.32. The molecule has 0 atom stereocenters. The van der Waals surface area contributed by atoms with E-state index in [1.54, 1.807) is 7.11 Å². The third-order valence-electron chi connectivity index (χ3n) is 6.43. The van der Waals surface area contributed by atoms with Crippen molar-refractivity contribution in [1.29, 1.82) is 0 Å². The number of fused-ring (bicyclic) bond motifs is 1. The molecule has 3 nitrogen and oxygen atoms in total. The van der Waals surface area contributed by atoms with Crippen LogP contribution < -0.4 is 4.74 Å². The van der Waals surface area contributed by atoms with Gasteiger partial charge in [0.25, 0.3) is 0 Å². The van der Waals surface area contributed by atoms with E-state index in [2.05, 4.69) is 76.6 Å². The number of aromatic nitrogens is 1. The van der Waals surface area contributed by atoms with Gasteiger partial charge in [-0.15, -0.1) is 0 Å². The molecule has 1 aliphatic rings. The van der Waals surface area contributed by atoms with Crippen molar-refractivity contribution < 1.29 is 4.74 Å². The molecule has 5 rings (SSSR count). The summed E-state index contributed by atoms with van der Waals surface area (Å²) >= 11 is 0. The molecular weight excluding hydrogens is 368 g/mol. The lowest BCUT2D eigenvalue weighted by atomic mass is 9.89. The average Bonchev–Trinajstić information content (AvgIpc) is 3.18. The summed E-state index contributed by atoms with van der Waals surface area (Å²) in [5.41, 5.74) is 6.35. The first kappa shape index (κ1) is 19.0. The van der Waals surface area contributed by atoms with Crippen molar-refractivity contribution in [3.8, 4) is 17.0 Å². The number of benzene rings is 3. The summed E-state index contributed by atoms with van der Waals surface area (Å²) in [7, 11) is 1.75. The molecule has 1 saturated heterocycles. The molecule has 0 amide bonds. The third-order valence-corrected chi connectivity index (χ3v) is 6.43. The minimum absolute atomic E-state index is 0.680. The zero-order chi connectivity index (χ0) is 20.3. The first-order valence-corrected chi connectivity index (χ1v) is 10.8. The highest BCUT2D eigenvalue weighted by Gasteiger charge is 2.23. The van der Waals surface area contributed by atoms with E-state index in [0.29, 0.717) is 5.92 Å². The molecule has 152 valence electrons. The Bertz CT molecular complexity index is 1120. The van der Waals surface area contributed by atoms with Crippen molar-refractivity contribution >= 4 is 10.9 Å². The van der Waals surface area contributed by atoms with Gasteiger partial charge in [-0.1, -0.05) is 60.7 Å². The standard InChI is InChI=1S/C27H28N2O/c1-30-26-14-8-6-12-23(26)27-24(22-11-5-7-13-25(22)28-27)19-29-17-15-21(16-18-29)20-9-3-2-4-10-20/h2-14,21,28H,15-19H2,1H3. The number of nitrogens with one attached hydrogen (secondary N) is 1. The Kier molecular flexibility index (Phi) is 5.29. The lowest BCUT2D eigenvalue weighted by molar-refractivity contribution is 0.205. The van der Waals surface area contributed by atoms with Crippen LogP contribution in [0.2, 0.25) is 0 Å². The van der Waals surface area contributed by atoms with Crippen molar-refractivity contribution in [2.75, 3.05) is 20.2 Å². The zero-order valence-corrected chi connectivity index (χ0v) is 17.5. The van der Waals surface area contributed by atoms with Crippen LogP contribution in [0.25, 0.3) is 22.2 Å². The molecule has 0 aliphatic carbocycles. The number of nitrogens with zero attached hydrogens (tertiary/aromatic N) is 1. The van der Waals surface area contributed by atoms with Crippen molar-refractivity contribution in [3.05, 3.63) is 90.0 Å². The van der Waals surface area contributed by atoms with Gasteiger partial charge in [0.15, 0.2) is 0 Å². The monoisotopic (exact) mass is 396 g/mol. The van der Waals surface area contributed by atoms with E-state index in [9.17, 15) is 0 Å². The highest BCUT2D eigenvalue weighted by atomic mass is 16.5. The van der Waals surface area contributed by atoms with E-state index < -0.39 is 0 Å². The number of rotatable bonds is 5. The quantitative estimate of drug-likeness (QED) is 0.433. The van der Waals surface area contributed by atoms with Crippen molar-refractivity contribution in [2.45, 2.75) is 25.3 Å². The summed E-state index contributed by atoms with van der Waals surface area (Å²) in [5, 5.41) is 1.31. The molecule has 3 heteroatoms. The maximum atomic E-state index is 5.67. The molecule has 1 N–H and O–H groups in total. The maximum absolute atomic E-state index is 5.67. The predicted octanol–water partition coefficient (Wildman–Crippen LogP) is 6.22. The highest BCUT2D eigenvalue weighted by molar-refractivity contribution is 5.91. The summed E-state index contributed by atoms with van der Waals surface area (Å²) in [6, 6.07) is 27.9. The Morgan fingerprint density at radius 2 is 1.57 bits per heavy atom.